The second-order valence-corrected chi connectivity index (χ2v) is 1.96. The number of nitrogens with two attached hydrogens (primary N) is 1. The van der Waals surface area contributed by atoms with Crippen LogP contribution in [-0.4, -0.2) is 62.8 Å². The van der Waals surface area contributed by atoms with Gasteiger partial charge < -0.3 is 40.9 Å². The van der Waals surface area contributed by atoms with Gasteiger partial charge in [0.05, 0.1) is 6.54 Å². The summed E-state index contributed by atoms with van der Waals surface area (Å²) < 4.78 is 0. The molecule has 0 aliphatic carbocycles. The monoisotopic (exact) mass is 235 g/mol. The maximum absolute atomic E-state index is 8.89. The molecule has 0 saturated carbocycles. The van der Waals surface area contributed by atoms with Crippen LogP contribution in [0.4, 0.5) is 0 Å². The molecule has 0 aliphatic rings. The average Bonchev–Trinajstić information content (AvgIpc) is 1.83. The molecule has 0 rings (SSSR count). The van der Waals surface area contributed by atoms with Crippen LogP contribution in [-0.2, 0) is 9.59 Å². The van der Waals surface area contributed by atoms with Gasteiger partial charge in [0.1, 0.15) is 0 Å². The third-order valence-corrected chi connectivity index (χ3v) is 0.274. The fourth-order valence-electron chi connectivity index (χ4n) is 0. The van der Waals surface area contributed by atoms with Crippen molar-refractivity contribution < 1.29 is 35.1 Å². The Kier molecular flexibility index (Phi) is 21.7. The number of carbonyl (C=O) groups is 2. The van der Waals surface area contributed by atoms with Crippen molar-refractivity contribution in [3.05, 3.63) is 0 Å². The zero-order chi connectivity index (χ0) is 12.4. The van der Waals surface area contributed by atoms with Crippen LogP contribution >= 0.6 is 0 Å². The summed E-state index contributed by atoms with van der Waals surface area (Å²) in [6.07, 6.45) is 0. The van der Waals surface area contributed by atoms with E-state index in [9.17, 15) is 0 Å². The second-order valence-electron chi connectivity index (χ2n) is 1.96. The molecule has 0 bridgehead atoms. The maximum Gasteiger partial charge on any atom is 2.00 e. The first-order valence-electron chi connectivity index (χ1n) is 3.25. The van der Waals surface area contributed by atoms with Crippen LogP contribution in [0.2, 0.25) is 0 Å². The van der Waals surface area contributed by atoms with E-state index in [2.05, 4.69) is 5.73 Å². The molecule has 15 heavy (non-hydrogen) atoms. The van der Waals surface area contributed by atoms with Crippen LogP contribution in [0.3, 0.4) is 0 Å². The molecule has 86 valence electrons. The largest absolute Gasteiger partial charge is 2.00 e. The molecule has 0 aromatic rings. The summed E-state index contributed by atoms with van der Waals surface area (Å²) in [4.78, 5) is 17.8. The summed E-state index contributed by atoms with van der Waals surface area (Å²) in [5.41, 5.74) is 4.56. The topological polar surface area (TPSA) is 167 Å². The number of carboxylic acids is 2. The van der Waals surface area contributed by atoms with Gasteiger partial charge in [-0.3, -0.25) is 0 Å². The van der Waals surface area contributed by atoms with E-state index < -0.39 is 24.5 Å². The Bertz CT molecular complexity index is 147. The number of hydrogen-bond donors (Lipinski definition) is 4. The minimum Gasteiger partial charge on any atom is -0.550 e. The number of carbonyl (C=O) groups excluding carboxylic acids is 2. The third kappa shape index (κ3) is 279. The molecule has 0 unspecified atom stereocenters. The van der Waals surface area contributed by atoms with Gasteiger partial charge in [0.25, 0.3) is 5.97 Å². The number of hydrogen-bond acceptors (Lipinski definition) is 8. The minimum absolute atomic E-state index is 0. The number of rotatable bonds is 1. The van der Waals surface area contributed by atoms with Crippen molar-refractivity contribution in [2.24, 2.45) is 5.73 Å². The van der Waals surface area contributed by atoms with Crippen molar-refractivity contribution in [3.63, 3.8) is 0 Å². The molecule has 0 heterocycles. The zero-order valence-corrected chi connectivity index (χ0v) is 9.88. The van der Waals surface area contributed by atoms with E-state index in [1.54, 1.807) is 0 Å². The molecule has 0 aromatic carbocycles. The number of carboxylic acid groups (broad SMARTS) is 2. The predicted molar refractivity (Wildman–Crippen MR) is 45.6 cm³/mol. The SMILES string of the molecule is CC(=O)[O-].CC(=O)[O-].NCC(O)(O)O.[Mg+2]. The smallest absolute Gasteiger partial charge is 0.550 e. The minimum atomic E-state index is -2.68. The predicted octanol–water partition coefficient (Wildman–Crippen LogP) is -5.29. The Morgan fingerprint density at radius 2 is 1.20 bits per heavy atom. The van der Waals surface area contributed by atoms with E-state index in [0.717, 1.165) is 13.8 Å². The van der Waals surface area contributed by atoms with Crippen molar-refractivity contribution in [2.75, 3.05) is 6.54 Å². The van der Waals surface area contributed by atoms with Gasteiger partial charge in [-0.2, -0.15) is 0 Å². The molecular formula is C6H13MgNO7. The van der Waals surface area contributed by atoms with Crippen molar-refractivity contribution in [2.45, 2.75) is 19.8 Å². The van der Waals surface area contributed by atoms with Crippen LogP contribution in [0.15, 0.2) is 0 Å². The Morgan fingerprint density at radius 3 is 1.20 bits per heavy atom. The molecule has 0 aromatic heterocycles. The standard InChI is InChI=1S/C2H7NO3.2C2H4O2.Mg/c3-1-2(4,5)6;2*1-2(3)4;/h4-6H,1,3H2;2*1H3,(H,3,4);/q;;;+2/p-2. The van der Waals surface area contributed by atoms with Gasteiger partial charge >= 0.3 is 23.1 Å². The van der Waals surface area contributed by atoms with Crippen LogP contribution < -0.4 is 15.9 Å². The van der Waals surface area contributed by atoms with Gasteiger partial charge in [-0.15, -0.1) is 0 Å². The van der Waals surface area contributed by atoms with E-state index in [1.807, 2.05) is 0 Å². The maximum atomic E-state index is 8.89. The fraction of sp³-hybridized carbons (Fsp3) is 0.667. The molecule has 0 atom stereocenters. The fourth-order valence-corrected chi connectivity index (χ4v) is 0. The van der Waals surface area contributed by atoms with Crippen molar-refractivity contribution in [3.8, 4) is 0 Å². The van der Waals surface area contributed by atoms with E-state index in [-0.39, 0.29) is 23.1 Å². The van der Waals surface area contributed by atoms with Crippen LogP contribution in [0.5, 0.6) is 0 Å². The van der Waals surface area contributed by atoms with Crippen LogP contribution in [0.25, 0.3) is 0 Å². The second kappa shape index (κ2) is 13.5. The first-order valence-corrected chi connectivity index (χ1v) is 3.25. The summed E-state index contributed by atoms with van der Waals surface area (Å²) in [6, 6.07) is 0. The number of aliphatic carboxylic acids is 2. The van der Waals surface area contributed by atoms with Gasteiger partial charge in [0, 0.05) is 11.9 Å². The van der Waals surface area contributed by atoms with Crippen LogP contribution in [0.1, 0.15) is 13.8 Å². The van der Waals surface area contributed by atoms with E-state index in [4.69, 9.17) is 35.1 Å². The quantitative estimate of drug-likeness (QED) is 0.258. The molecule has 0 spiro atoms. The first kappa shape index (κ1) is 24.0. The summed E-state index contributed by atoms with van der Waals surface area (Å²) in [6.45, 7) is 1.38. The van der Waals surface area contributed by atoms with Crippen molar-refractivity contribution in [1.82, 2.24) is 0 Å². The van der Waals surface area contributed by atoms with E-state index >= 15 is 0 Å². The van der Waals surface area contributed by atoms with E-state index in [1.165, 1.54) is 0 Å². The van der Waals surface area contributed by atoms with Gasteiger partial charge in [-0.05, 0) is 13.8 Å². The molecule has 0 aliphatic heterocycles. The molecule has 0 radical (unpaired) electrons. The van der Waals surface area contributed by atoms with Gasteiger partial charge in [0.15, 0.2) is 0 Å². The molecule has 0 fully saturated rings. The summed E-state index contributed by atoms with van der Waals surface area (Å²) in [5.74, 6) is -4.85. The molecular weight excluding hydrogens is 222 g/mol. The number of aliphatic hydroxyl groups is 3. The summed E-state index contributed by atoms with van der Waals surface area (Å²) >= 11 is 0. The van der Waals surface area contributed by atoms with Crippen molar-refractivity contribution in [1.29, 1.82) is 0 Å². The zero-order valence-electron chi connectivity index (χ0n) is 8.47. The third-order valence-electron chi connectivity index (χ3n) is 0.274. The molecule has 0 amide bonds. The average molecular weight is 235 g/mol. The van der Waals surface area contributed by atoms with Gasteiger partial charge in [-0.1, -0.05) is 0 Å². The van der Waals surface area contributed by atoms with Crippen LogP contribution in [0, 0.1) is 0 Å². The normalized spacial score (nSPS) is 8.13. The molecule has 8 nitrogen and oxygen atoms in total. The van der Waals surface area contributed by atoms with Crippen molar-refractivity contribution >= 4 is 35.0 Å². The Balaban J connectivity index is -0.0000000606. The van der Waals surface area contributed by atoms with E-state index in [0.29, 0.717) is 0 Å². The van der Waals surface area contributed by atoms with Gasteiger partial charge in [0.2, 0.25) is 0 Å². The summed E-state index contributed by atoms with van der Waals surface area (Å²) in [5, 5.41) is 41.2. The molecule has 0 saturated heterocycles. The molecule has 5 N–H and O–H groups in total. The van der Waals surface area contributed by atoms with Gasteiger partial charge in [-0.25, -0.2) is 0 Å². The Labute approximate surface area is 102 Å². The molecule has 9 heteroatoms. The Hall–Kier alpha value is -0.454. The first-order chi connectivity index (χ1) is 6.02. The Morgan fingerprint density at radius 1 is 1.13 bits per heavy atom. The summed E-state index contributed by atoms with van der Waals surface area (Å²) in [7, 11) is 0.